The van der Waals surface area contributed by atoms with Crippen molar-refractivity contribution in [2.45, 2.75) is 29.7 Å². The second-order valence-corrected chi connectivity index (χ2v) is 5.01. The highest BCUT2D eigenvalue weighted by Gasteiger charge is 2.49. The monoisotopic (exact) mass is 263 g/mol. The molecule has 96 valence electrons. The molecule has 7 nitrogen and oxygen atoms in total. The first kappa shape index (κ1) is 12.6. The molecule has 5 atom stereocenters. The summed E-state index contributed by atoms with van der Waals surface area (Å²) in [6, 6.07) is -0.487. The van der Waals surface area contributed by atoms with Crippen molar-refractivity contribution in [1.29, 1.82) is 0 Å². The number of aliphatic hydroxyl groups excluding tert-OH is 2. The van der Waals surface area contributed by atoms with E-state index in [4.69, 9.17) is 4.74 Å². The number of carbonyl (C=O) groups is 2. The van der Waals surface area contributed by atoms with Crippen LogP contribution >= 0.6 is 11.8 Å². The molecule has 2 fully saturated rings. The summed E-state index contributed by atoms with van der Waals surface area (Å²) in [5.74, 6) is -0.778. The van der Waals surface area contributed by atoms with Crippen molar-refractivity contribution in [2.24, 2.45) is 0 Å². The number of hydrogen-bond donors (Lipinski definition) is 3. The van der Waals surface area contributed by atoms with E-state index < -0.39 is 41.7 Å². The molecule has 2 saturated heterocycles. The molecule has 17 heavy (non-hydrogen) atoms. The number of hydrogen-bond acceptors (Lipinski definition) is 8. The summed E-state index contributed by atoms with van der Waals surface area (Å²) in [5.41, 5.74) is 0. The van der Waals surface area contributed by atoms with Crippen LogP contribution in [0.4, 0.5) is 0 Å². The Morgan fingerprint density at radius 3 is 2.82 bits per heavy atom. The minimum atomic E-state index is -1.51. The summed E-state index contributed by atoms with van der Waals surface area (Å²) >= 11 is 1.34. The lowest BCUT2D eigenvalue weighted by molar-refractivity contribution is -0.147. The second-order valence-electron chi connectivity index (χ2n) is 3.83. The van der Waals surface area contributed by atoms with Gasteiger partial charge in [0, 0.05) is 5.75 Å². The average Bonchev–Trinajstić information content (AvgIpc) is 2.89. The summed E-state index contributed by atoms with van der Waals surface area (Å²) in [7, 11) is 1.29. The Kier molecular flexibility index (Phi) is 3.57. The minimum Gasteiger partial charge on any atom is -0.468 e. The van der Waals surface area contributed by atoms with Gasteiger partial charge < -0.3 is 19.7 Å². The van der Waals surface area contributed by atoms with Crippen LogP contribution in [0.3, 0.4) is 0 Å². The van der Waals surface area contributed by atoms with Crippen molar-refractivity contribution in [3.8, 4) is 0 Å². The summed E-state index contributed by atoms with van der Waals surface area (Å²) in [6.07, 6.45) is -3.64. The number of esters is 2. The summed E-state index contributed by atoms with van der Waals surface area (Å²) in [5, 5.41) is 21.3. The zero-order chi connectivity index (χ0) is 12.6. The normalized spacial score (nSPS) is 41.4. The fourth-order valence-corrected chi connectivity index (χ4v) is 3.09. The molecular weight excluding hydrogens is 250 g/mol. The molecule has 2 heterocycles. The van der Waals surface area contributed by atoms with Gasteiger partial charge >= 0.3 is 11.9 Å². The van der Waals surface area contributed by atoms with Crippen molar-refractivity contribution in [3.63, 3.8) is 0 Å². The third-order valence-corrected chi connectivity index (χ3v) is 4.04. The first-order valence-electron chi connectivity index (χ1n) is 5.06. The Labute approximate surface area is 101 Å². The van der Waals surface area contributed by atoms with Gasteiger partial charge in [-0.05, 0) is 0 Å². The van der Waals surface area contributed by atoms with Crippen molar-refractivity contribution >= 4 is 23.7 Å². The molecule has 3 N–H and O–H groups in total. The maximum atomic E-state index is 11.3. The van der Waals surface area contributed by atoms with Crippen LogP contribution in [-0.4, -0.2) is 64.7 Å². The van der Waals surface area contributed by atoms with Gasteiger partial charge in [-0.25, -0.2) is 4.79 Å². The van der Waals surface area contributed by atoms with E-state index in [1.807, 2.05) is 0 Å². The van der Waals surface area contributed by atoms with E-state index in [-0.39, 0.29) is 0 Å². The molecule has 0 aromatic heterocycles. The van der Waals surface area contributed by atoms with Crippen molar-refractivity contribution in [2.75, 3.05) is 12.9 Å². The van der Waals surface area contributed by atoms with E-state index in [0.717, 1.165) is 0 Å². The lowest BCUT2D eigenvalue weighted by Crippen LogP contribution is -2.46. The summed E-state index contributed by atoms with van der Waals surface area (Å²) in [4.78, 5) is 22.3. The Balaban J connectivity index is 1.97. The van der Waals surface area contributed by atoms with Crippen LogP contribution in [-0.2, 0) is 19.1 Å². The first-order valence-corrected chi connectivity index (χ1v) is 6.11. The number of rotatable bonds is 2. The van der Waals surface area contributed by atoms with Gasteiger partial charge in [0.2, 0.25) is 0 Å². The molecule has 0 amide bonds. The topological polar surface area (TPSA) is 105 Å². The Morgan fingerprint density at radius 2 is 2.29 bits per heavy atom. The van der Waals surface area contributed by atoms with Gasteiger partial charge in [0.05, 0.1) is 12.5 Å². The zero-order valence-electron chi connectivity index (χ0n) is 9.03. The molecule has 0 bridgehead atoms. The molecule has 2 aliphatic heterocycles. The predicted octanol–water partition coefficient (Wildman–Crippen LogP) is -2.16. The Bertz CT molecular complexity index is 337. The number of cyclic esters (lactones) is 1. The fraction of sp³-hybridized carbons (Fsp3) is 0.778. The van der Waals surface area contributed by atoms with Crippen LogP contribution in [0.25, 0.3) is 0 Å². The Morgan fingerprint density at radius 1 is 1.59 bits per heavy atom. The summed E-state index contributed by atoms with van der Waals surface area (Å²) in [6.45, 7) is 0. The van der Waals surface area contributed by atoms with Crippen LogP contribution in [0.1, 0.15) is 0 Å². The van der Waals surface area contributed by atoms with Crippen LogP contribution < -0.4 is 5.32 Å². The number of thioether (sulfide) groups is 1. The predicted molar refractivity (Wildman–Crippen MR) is 57.1 cm³/mol. The van der Waals surface area contributed by atoms with E-state index in [9.17, 15) is 19.8 Å². The highest BCUT2D eigenvalue weighted by Crippen LogP contribution is 2.29. The van der Waals surface area contributed by atoms with Gasteiger partial charge in [-0.1, -0.05) is 0 Å². The molecular formula is C9H13NO6S. The van der Waals surface area contributed by atoms with Crippen molar-refractivity contribution in [3.05, 3.63) is 0 Å². The van der Waals surface area contributed by atoms with Gasteiger partial charge in [0.25, 0.3) is 0 Å². The molecule has 0 spiro atoms. The van der Waals surface area contributed by atoms with Gasteiger partial charge in [-0.3, -0.25) is 10.1 Å². The second kappa shape index (κ2) is 4.81. The number of carbonyl (C=O) groups excluding carboxylic acids is 2. The van der Waals surface area contributed by atoms with Gasteiger partial charge in [-0.2, -0.15) is 0 Å². The van der Waals surface area contributed by atoms with E-state index in [1.54, 1.807) is 0 Å². The Hall–Kier alpha value is -0.830. The molecule has 0 aromatic rings. The maximum Gasteiger partial charge on any atom is 0.338 e. The fourth-order valence-electron chi connectivity index (χ4n) is 1.80. The molecule has 8 heteroatoms. The smallest absolute Gasteiger partial charge is 0.338 e. The molecule has 2 aliphatic rings. The van der Waals surface area contributed by atoms with E-state index >= 15 is 0 Å². The van der Waals surface area contributed by atoms with Crippen LogP contribution in [0.15, 0.2) is 0 Å². The molecule has 0 radical (unpaired) electrons. The molecule has 0 unspecified atom stereocenters. The number of methoxy groups -OCH3 is 1. The minimum absolute atomic E-state index is 0.403. The van der Waals surface area contributed by atoms with Crippen molar-refractivity contribution in [1.82, 2.24) is 5.32 Å². The standard InChI is InChI=1S/C9H13NO6S/c1-15-8(13)3-2-17-7(10-3)6-4(11)5(12)9(14)16-6/h3-7,10-12H,2H2,1H3/t3-,4+,5-,6-,7-/m0/s1. The number of ether oxygens (including phenoxy) is 2. The van der Waals surface area contributed by atoms with E-state index in [0.29, 0.717) is 5.75 Å². The highest BCUT2D eigenvalue weighted by atomic mass is 32.2. The lowest BCUT2D eigenvalue weighted by atomic mass is 10.1. The van der Waals surface area contributed by atoms with Crippen molar-refractivity contribution < 1.29 is 29.3 Å². The van der Waals surface area contributed by atoms with E-state index in [2.05, 4.69) is 10.1 Å². The lowest BCUT2D eigenvalue weighted by Gasteiger charge is -2.20. The van der Waals surface area contributed by atoms with Gasteiger partial charge in [0.1, 0.15) is 12.1 Å². The number of aliphatic hydroxyl groups is 2. The molecule has 0 aliphatic carbocycles. The van der Waals surface area contributed by atoms with Crippen LogP contribution in [0.5, 0.6) is 0 Å². The quantitative estimate of drug-likeness (QED) is 0.484. The van der Waals surface area contributed by atoms with Crippen LogP contribution in [0.2, 0.25) is 0 Å². The summed E-state index contributed by atoms with van der Waals surface area (Å²) < 4.78 is 9.44. The zero-order valence-corrected chi connectivity index (χ0v) is 9.85. The SMILES string of the molecule is COC(=O)[C@@H]1CS[C@@H]([C@H]2OC(=O)[C@@H](O)[C@H]2O)N1. The first-order chi connectivity index (χ1) is 8.04. The van der Waals surface area contributed by atoms with Crippen LogP contribution in [0, 0.1) is 0 Å². The van der Waals surface area contributed by atoms with Gasteiger partial charge in [0.15, 0.2) is 12.2 Å². The maximum absolute atomic E-state index is 11.3. The largest absolute Gasteiger partial charge is 0.468 e. The highest BCUT2D eigenvalue weighted by molar-refractivity contribution is 8.00. The van der Waals surface area contributed by atoms with Gasteiger partial charge in [-0.15, -0.1) is 11.8 Å². The third kappa shape index (κ3) is 2.25. The number of nitrogens with one attached hydrogen (secondary N) is 1. The molecule has 2 rings (SSSR count). The molecule has 0 saturated carbocycles. The molecule has 0 aromatic carbocycles. The third-order valence-electron chi connectivity index (χ3n) is 2.75. The average molecular weight is 263 g/mol. The van der Waals surface area contributed by atoms with E-state index in [1.165, 1.54) is 18.9 Å².